The quantitative estimate of drug-likeness (QED) is 0.811. The fraction of sp³-hybridized carbons (Fsp3) is 1.00. The van der Waals surface area contributed by atoms with Gasteiger partial charge in [0.15, 0.2) is 0 Å². The van der Waals surface area contributed by atoms with Gasteiger partial charge in [-0.05, 0) is 43.6 Å². The van der Waals surface area contributed by atoms with Gasteiger partial charge in [0.1, 0.15) is 0 Å². The van der Waals surface area contributed by atoms with Gasteiger partial charge in [-0.1, -0.05) is 6.92 Å². The van der Waals surface area contributed by atoms with Crippen molar-refractivity contribution < 1.29 is 8.42 Å². The molecule has 3 fully saturated rings. The van der Waals surface area contributed by atoms with Crippen LogP contribution in [-0.4, -0.2) is 56.3 Å². The highest BCUT2D eigenvalue weighted by Gasteiger charge is 2.45. The van der Waals surface area contributed by atoms with Crippen molar-refractivity contribution in [2.45, 2.75) is 32.6 Å². The molecule has 3 aliphatic rings. The van der Waals surface area contributed by atoms with Gasteiger partial charge in [-0.2, -0.15) is 17.0 Å². The van der Waals surface area contributed by atoms with E-state index in [9.17, 15) is 8.42 Å². The third-order valence-corrected chi connectivity index (χ3v) is 6.96. The lowest BCUT2D eigenvalue weighted by Crippen LogP contribution is -2.47. The Morgan fingerprint density at radius 1 is 1.21 bits per heavy atom. The zero-order valence-electron chi connectivity index (χ0n) is 11.8. The summed E-state index contributed by atoms with van der Waals surface area (Å²) in [4.78, 5) is 0. The van der Waals surface area contributed by atoms with Crippen LogP contribution in [0.4, 0.5) is 0 Å². The summed E-state index contributed by atoms with van der Waals surface area (Å²) in [5.41, 5.74) is 0.217. The van der Waals surface area contributed by atoms with Crippen LogP contribution < -0.4 is 5.32 Å². The van der Waals surface area contributed by atoms with Crippen LogP contribution in [0.15, 0.2) is 0 Å². The van der Waals surface area contributed by atoms with Crippen LogP contribution in [-0.2, 0) is 10.2 Å². The second-order valence-corrected chi connectivity index (χ2v) is 8.55. The zero-order chi connectivity index (χ0) is 13.5. The third-order valence-electron chi connectivity index (χ3n) is 5.01. The Bertz CT molecular complexity index is 431. The molecule has 0 aliphatic carbocycles. The number of rotatable bonds is 2. The molecule has 2 unspecified atom stereocenters. The van der Waals surface area contributed by atoms with Crippen molar-refractivity contribution >= 4 is 10.2 Å². The largest absolute Gasteiger partial charge is 0.316 e. The van der Waals surface area contributed by atoms with E-state index < -0.39 is 10.2 Å². The van der Waals surface area contributed by atoms with Crippen molar-refractivity contribution in [1.82, 2.24) is 13.9 Å². The fourth-order valence-electron chi connectivity index (χ4n) is 3.75. The van der Waals surface area contributed by atoms with Crippen LogP contribution >= 0.6 is 0 Å². The first-order chi connectivity index (χ1) is 9.02. The van der Waals surface area contributed by atoms with E-state index in [1.54, 1.807) is 8.61 Å². The van der Waals surface area contributed by atoms with Gasteiger partial charge in [0.2, 0.25) is 0 Å². The van der Waals surface area contributed by atoms with E-state index in [0.717, 1.165) is 38.8 Å². The van der Waals surface area contributed by atoms with E-state index in [0.29, 0.717) is 32.1 Å². The summed E-state index contributed by atoms with van der Waals surface area (Å²) in [6.07, 6.45) is 4.29. The predicted octanol–water partition coefficient (Wildman–Crippen LogP) is 0.649. The Hall–Kier alpha value is -0.170. The molecule has 3 saturated heterocycles. The summed E-state index contributed by atoms with van der Waals surface area (Å²) in [6.45, 7) is 6.98. The molecule has 3 rings (SSSR count). The number of hydrogen-bond acceptors (Lipinski definition) is 3. The van der Waals surface area contributed by atoms with E-state index >= 15 is 0 Å². The second-order valence-electron chi connectivity index (χ2n) is 6.62. The van der Waals surface area contributed by atoms with Crippen molar-refractivity contribution in [1.29, 1.82) is 0 Å². The summed E-state index contributed by atoms with van der Waals surface area (Å²) in [7, 11) is -3.22. The Morgan fingerprint density at radius 3 is 2.74 bits per heavy atom. The minimum atomic E-state index is -3.22. The maximum absolute atomic E-state index is 12.7. The molecule has 0 bridgehead atoms. The molecule has 6 heteroatoms. The highest BCUT2D eigenvalue weighted by Crippen LogP contribution is 2.38. The molecule has 3 aliphatic heterocycles. The number of hydrogen-bond donors (Lipinski definition) is 1. The summed E-state index contributed by atoms with van der Waals surface area (Å²) >= 11 is 0. The molecule has 2 atom stereocenters. The van der Waals surface area contributed by atoms with E-state index in [-0.39, 0.29) is 5.41 Å². The molecule has 0 amide bonds. The van der Waals surface area contributed by atoms with Gasteiger partial charge >= 0.3 is 0 Å². The molecule has 1 spiro atoms. The van der Waals surface area contributed by atoms with Crippen LogP contribution in [0.25, 0.3) is 0 Å². The maximum Gasteiger partial charge on any atom is 0.282 e. The molecule has 0 aromatic carbocycles. The van der Waals surface area contributed by atoms with Gasteiger partial charge in [-0.25, -0.2) is 0 Å². The highest BCUT2D eigenvalue weighted by atomic mass is 32.2. The van der Waals surface area contributed by atoms with Crippen LogP contribution in [0.5, 0.6) is 0 Å². The smallest absolute Gasteiger partial charge is 0.282 e. The van der Waals surface area contributed by atoms with Crippen molar-refractivity contribution in [2.24, 2.45) is 11.3 Å². The molecular weight excluding hydrogens is 262 g/mol. The Kier molecular flexibility index (Phi) is 3.62. The SMILES string of the molecule is CC1CCCN(S(=O)(=O)N2CCC3(CCNC3)C2)C1. The second kappa shape index (κ2) is 4.98. The van der Waals surface area contributed by atoms with Crippen molar-refractivity contribution in [2.75, 3.05) is 39.3 Å². The lowest BCUT2D eigenvalue weighted by molar-refractivity contribution is 0.258. The highest BCUT2D eigenvalue weighted by molar-refractivity contribution is 7.86. The molecule has 3 heterocycles. The zero-order valence-corrected chi connectivity index (χ0v) is 12.6. The molecule has 110 valence electrons. The summed E-state index contributed by atoms with van der Waals surface area (Å²) in [6, 6.07) is 0. The van der Waals surface area contributed by atoms with Gasteiger partial charge in [-0.3, -0.25) is 0 Å². The van der Waals surface area contributed by atoms with Gasteiger partial charge < -0.3 is 5.32 Å². The van der Waals surface area contributed by atoms with Gasteiger partial charge in [0.05, 0.1) is 0 Å². The van der Waals surface area contributed by atoms with Crippen molar-refractivity contribution in [3.63, 3.8) is 0 Å². The van der Waals surface area contributed by atoms with E-state index in [1.165, 1.54) is 0 Å². The minimum absolute atomic E-state index is 0.217. The van der Waals surface area contributed by atoms with Crippen molar-refractivity contribution in [3.05, 3.63) is 0 Å². The molecule has 5 nitrogen and oxygen atoms in total. The molecule has 1 N–H and O–H groups in total. The van der Waals surface area contributed by atoms with Crippen LogP contribution in [0, 0.1) is 11.3 Å². The fourth-order valence-corrected chi connectivity index (χ4v) is 5.64. The first-order valence-corrected chi connectivity index (χ1v) is 8.88. The van der Waals surface area contributed by atoms with Gasteiger partial charge in [-0.15, -0.1) is 0 Å². The molecule has 0 aromatic heterocycles. The normalized spacial score (nSPS) is 38.3. The predicted molar refractivity (Wildman–Crippen MR) is 75.0 cm³/mol. The Morgan fingerprint density at radius 2 is 2.05 bits per heavy atom. The Labute approximate surface area is 116 Å². The Balaban J connectivity index is 1.71. The molecule has 0 saturated carbocycles. The summed E-state index contributed by atoms with van der Waals surface area (Å²) in [5, 5.41) is 3.38. The van der Waals surface area contributed by atoms with E-state index in [2.05, 4.69) is 12.2 Å². The molecule has 19 heavy (non-hydrogen) atoms. The lowest BCUT2D eigenvalue weighted by Gasteiger charge is -2.33. The first kappa shape index (κ1) is 13.8. The lowest BCUT2D eigenvalue weighted by atomic mass is 9.87. The number of nitrogens with zero attached hydrogens (tertiary/aromatic N) is 2. The number of nitrogens with one attached hydrogen (secondary N) is 1. The van der Waals surface area contributed by atoms with E-state index in [1.807, 2.05) is 0 Å². The van der Waals surface area contributed by atoms with E-state index in [4.69, 9.17) is 0 Å². The third kappa shape index (κ3) is 2.55. The first-order valence-electron chi connectivity index (χ1n) is 7.48. The van der Waals surface area contributed by atoms with Gasteiger partial charge in [0.25, 0.3) is 10.2 Å². The monoisotopic (exact) mass is 287 g/mol. The molecule has 0 radical (unpaired) electrons. The molecular formula is C13H25N3O2S. The topological polar surface area (TPSA) is 52.7 Å². The van der Waals surface area contributed by atoms with Crippen LogP contribution in [0.3, 0.4) is 0 Å². The van der Waals surface area contributed by atoms with Crippen molar-refractivity contribution in [3.8, 4) is 0 Å². The number of piperidine rings is 1. The summed E-state index contributed by atoms with van der Waals surface area (Å²) < 4.78 is 28.9. The van der Waals surface area contributed by atoms with Crippen LogP contribution in [0.1, 0.15) is 32.6 Å². The minimum Gasteiger partial charge on any atom is -0.316 e. The average Bonchev–Trinajstić information content (AvgIpc) is 3.01. The van der Waals surface area contributed by atoms with Gasteiger partial charge in [0, 0.05) is 32.7 Å². The standard InChI is InChI=1S/C13H25N3O2S/c1-12-3-2-7-15(9-12)19(17,18)16-8-5-13(11-16)4-6-14-10-13/h12,14H,2-11H2,1H3. The maximum atomic E-state index is 12.7. The molecule has 0 aromatic rings. The van der Waals surface area contributed by atoms with Crippen LogP contribution in [0.2, 0.25) is 0 Å². The summed E-state index contributed by atoms with van der Waals surface area (Å²) in [5.74, 6) is 0.494. The average molecular weight is 287 g/mol.